The van der Waals surface area contributed by atoms with E-state index in [1.165, 1.54) is 44.3 Å². The minimum atomic E-state index is 0.499. The highest BCUT2D eigenvalue weighted by molar-refractivity contribution is 8.00. The van der Waals surface area contributed by atoms with E-state index in [0.717, 1.165) is 24.3 Å². The Morgan fingerprint density at radius 3 is 2.82 bits per heavy atom. The van der Waals surface area contributed by atoms with Gasteiger partial charge in [-0.25, -0.2) is 4.99 Å². The molecule has 0 aromatic rings. The molecule has 1 unspecified atom stereocenters. The average Bonchev–Trinajstić information content (AvgIpc) is 2.40. The highest BCUT2D eigenvalue weighted by Crippen LogP contribution is 2.23. The zero-order valence-corrected chi connectivity index (χ0v) is 11.7. The molecule has 2 rings (SSSR count). The number of aliphatic imine (C=N–C) groups is 1. The van der Waals surface area contributed by atoms with Crippen LogP contribution in [0.1, 0.15) is 45.4 Å². The third kappa shape index (κ3) is 3.80. The number of nitrogens with zero attached hydrogens (tertiary/aromatic N) is 2. The van der Waals surface area contributed by atoms with Crippen LogP contribution in [0.2, 0.25) is 0 Å². The maximum atomic E-state index is 6.16. The molecule has 0 bridgehead atoms. The van der Waals surface area contributed by atoms with Crippen LogP contribution in [0.15, 0.2) is 4.99 Å². The van der Waals surface area contributed by atoms with Crippen LogP contribution in [-0.4, -0.2) is 41.0 Å². The van der Waals surface area contributed by atoms with Crippen molar-refractivity contribution < 1.29 is 0 Å². The summed E-state index contributed by atoms with van der Waals surface area (Å²) in [5.74, 6) is 2.00. The Morgan fingerprint density at radius 1 is 1.35 bits per heavy atom. The number of nitrogens with two attached hydrogens (primary N) is 1. The van der Waals surface area contributed by atoms with Crippen LogP contribution in [0.3, 0.4) is 0 Å². The zero-order chi connectivity index (χ0) is 12.1. The van der Waals surface area contributed by atoms with E-state index in [0.29, 0.717) is 6.04 Å². The van der Waals surface area contributed by atoms with E-state index in [1.807, 2.05) is 0 Å². The number of thioether (sulfide) groups is 1. The minimum absolute atomic E-state index is 0.499. The van der Waals surface area contributed by atoms with Gasteiger partial charge < -0.3 is 10.6 Å². The van der Waals surface area contributed by atoms with Gasteiger partial charge in [0.1, 0.15) is 0 Å². The predicted molar refractivity (Wildman–Crippen MR) is 76.6 cm³/mol. The molecule has 98 valence electrons. The molecule has 0 aromatic heterocycles. The molecule has 1 aliphatic carbocycles. The first kappa shape index (κ1) is 13.1. The Hall–Kier alpha value is -0.380. The van der Waals surface area contributed by atoms with Crippen LogP contribution in [0.5, 0.6) is 0 Å². The van der Waals surface area contributed by atoms with Crippen molar-refractivity contribution >= 4 is 17.7 Å². The number of rotatable bonds is 2. The quantitative estimate of drug-likeness (QED) is 0.609. The van der Waals surface area contributed by atoms with Gasteiger partial charge in [-0.05, 0) is 19.3 Å². The first-order valence-electron chi connectivity index (χ1n) is 6.99. The van der Waals surface area contributed by atoms with Crippen LogP contribution in [0, 0.1) is 0 Å². The summed E-state index contributed by atoms with van der Waals surface area (Å²) >= 11 is 2.08. The predicted octanol–water partition coefficient (Wildman–Crippen LogP) is 2.46. The monoisotopic (exact) mass is 255 g/mol. The molecule has 2 aliphatic rings. The van der Waals surface area contributed by atoms with Gasteiger partial charge in [0.15, 0.2) is 5.96 Å². The molecular weight excluding hydrogens is 230 g/mol. The molecule has 1 atom stereocenters. The minimum Gasteiger partial charge on any atom is -0.370 e. The molecule has 0 spiro atoms. The van der Waals surface area contributed by atoms with Crippen molar-refractivity contribution in [3.8, 4) is 0 Å². The van der Waals surface area contributed by atoms with Gasteiger partial charge in [0.25, 0.3) is 0 Å². The SMILES string of the molecule is CCC1CN(C(N)=NC2CCCCC2)CCS1. The molecule has 0 aromatic carbocycles. The highest BCUT2D eigenvalue weighted by atomic mass is 32.2. The maximum absolute atomic E-state index is 6.16. The summed E-state index contributed by atoms with van der Waals surface area (Å²) in [4.78, 5) is 7.03. The van der Waals surface area contributed by atoms with E-state index < -0.39 is 0 Å². The van der Waals surface area contributed by atoms with Crippen LogP contribution in [0.25, 0.3) is 0 Å². The van der Waals surface area contributed by atoms with Gasteiger partial charge in [0.05, 0.1) is 6.04 Å². The second kappa shape index (κ2) is 6.53. The number of guanidine groups is 1. The molecule has 1 aliphatic heterocycles. The fourth-order valence-electron chi connectivity index (χ4n) is 2.65. The van der Waals surface area contributed by atoms with E-state index >= 15 is 0 Å². The molecule has 1 saturated heterocycles. The first-order valence-corrected chi connectivity index (χ1v) is 8.04. The summed E-state index contributed by atoms with van der Waals surface area (Å²) in [7, 11) is 0. The van der Waals surface area contributed by atoms with Crippen molar-refractivity contribution in [2.24, 2.45) is 10.7 Å². The molecule has 0 radical (unpaired) electrons. The van der Waals surface area contributed by atoms with E-state index in [2.05, 4.69) is 23.6 Å². The largest absolute Gasteiger partial charge is 0.370 e. The molecule has 3 nitrogen and oxygen atoms in total. The third-order valence-electron chi connectivity index (χ3n) is 3.81. The standard InChI is InChI=1S/C13H25N3S/c1-2-12-10-16(8-9-17-12)13(14)15-11-6-4-3-5-7-11/h11-12H,2-10H2,1H3,(H2,14,15). The lowest BCUT2D eigenvalue weighted by atomic mass is 9.96. The van der Waals surface area contributed by atoms with Gasteiger partial charge in [0.2, 0.25) is 0 Å². The summed E-state index contributed by atoms with van der Waals surface area (Å²) in [6.07, 6.45) is 7.74. The van der Waals surface area contributed by atoms with Crippen LogP contribution < -0.4 is 5.73 Å². The first-order chi connectivity index (χ1) is 8.29. The van der Waals surface area contributed by atoms with Crippen LogP contribution in [-0.2, 0) is 0 Å². The topological polar surface area (TPSA) is 41.6 Å². The van der Waals surface area contributed by atoms with E-state index in [9.17, 15) is 0 Å². The van der Waals surface area contributed by atoms with Gasteiger partial charge in [-0.15, -0.1) is 0 Å². The van der Waals surface area contributed by atoms with E-state index in [4.69, 9.17) is 10.7 Å². The zero-order valence-electron chi connectivity index (χ0n) is 10.9. The van der Waals surface area contributed by atoms with Crippen molar-refractivity contribution in [1.82, 2.24) is 4.90 Å². The van der Waals surface area contributed by atoms with Crippen molar-refractivity contribution in [2.45, 2.75) is 56.7 Å². The second-order valence-electron chi connectivity index (χ2n) is 5.13. The Labute approximate surface area is 109 Å². The molecule has 0 amide bonds. The Bertz CT molecular complexity index is 261. The fourth-order valence-corrected chi connectivity index (χ4v) is 3.83. The van der Waals surface area contributed by atoms with Crippen molar-refractivity contribution in [2.75, 3.05) is 18.8 Å². The summed E-state index contributed by atoms with van der Waals surface area (Å²) < 4.78 is 0. The summed E-state index contributed by atoms with van der Waals surface area (Å²) in [6.45, 7) is 4.42. The van der Waals surface area contributed by atoms with E-state index in [-0.39, 0.29) is 0 Å². The molecule has 2 N–H and O–H groups in total. The van der Waals surface area contributed by atoms with Gasteiger partial charge in [-0.2, -0.15) is 11.8 Å². The summed E-state index contributed by atoms with van der Waals surface area (Å²) in [5.41, 5.74) is 6.16. The average molecular weight is 255 g/mol. The molecule has 2 fully saturated rings. The molecule has 17 heavy (non-hydrogen) atoms. The van der Waals surface area contributed by atoms with E-state index in [1.54, 1.807) is 0 Å². The van der Waals surface area contributed by atoms with Gasteiger partial charge in [-0.3, -0.25) is 0 Å². The summed E-state index contributed by atoms with van der Waals surface area (Å²) in [6, 6.07) is 0.499. The Kier molecular flexibility index (Phi) is 5.01. The highest BCUT2D eigenvalue weighted by Gasteiger charge is 2.21. The van der Waals surface area contributed by atoms with Crippen molar-refractivity contribution in [3.63, 3.8) is 0 Å². The molecule has 1 heterocycles. The number of hydrogen-bond acceptors (Lipinski definition) is 2. The van der Waals surface area contributed by atoms with Crippen molar-refractivity contribution in [3.05, 3.63) is 0 Å². The van der Waals surface area contributed by atoms with Gasteiger partial charge in [0, 0.05) is 24.1 Å². The van der Waals surface area contributed by atoms with Gasteiger partial charge in [-0.1, -0.05) is 26.2 Å². The van der Waals surface area contributed by atoms with Crippen LogP contribution >= 0.6 is 11.8 Å². The smallest absolute Gasteiger partial charge is 0.191 e. The van der Waals surface area contributed by atoms with Crippen LogP contribution in [0.4, 0.5) is 0 Å². The molecular formula is C13H25N3S. The third-order valence-corrected chi connectivity index (χ3v) is 5.18. The number of hydrogen-bond donors (Lipinski definition) is 1. The Morgan fingerprint density at radius 2 is 2.12 bits per heavy atom. The van der Waals surface area contributed by atoms with Gasteiger partial charge >= 0.3 is 0 Å². The molecule has 1 saturated carbocycles. The lowest BCUT2D eigenvalue weighted by Crippen LogP contribution is -2.46. The lowest BCUT2D eigenvalue weighted by Gasteiger charge is -2.33. The fraction of sp³-hybridized carbons (Fsp3) is 0.923. The lowest BCUT2D eigenvalue weighted by molar-refractivity contribution is 0.401. The Balaban J connectivity index is 1.88. The second-order valence-corrected chi connectivity index (χ2v) is 6.53. The maximum Gasteiger partial charge on any atom is 0.191 e. The summed E-state index contributed by atoms with van der Waals surface area (Å²) in [5, 5.41) is 0.740. The van der Waals surface area contributed by atoms with Crippen molar-refractivity contribution in [1.29, 1.82) is 0 Å². The molecule has 4 heteroatoms. The normalized spacial score (nSPS) is 28.4.